The fourth-order valence-electron chi connectivity index (χ4n) is 0.407. The van der Waals surface area contributed by atoms with E-state index >= 15 is 0 Å². The van der Waals surface area contributed by atoms with Crippen LogP contribution in [0.15, 0.2) is 11.8 Å². The number of rotatable bonds is 0. The van der Waals surface area contributed by atoms with Crippen LogP contribution in [0.3, 0.4) is 0 Å². The second-order valence-electron chi connectivity index (χ2n) is 1.35. The van der Waals surface area contributed by atoms with E-state index in [1.165, 1.54) is 0 Å². The normalized spacial score (nSPS) is 27.4. The van der Waals surface area contributed by atoms with Crippen LogP contribution in [-0.2, 0) is 9.53 Å². The molecular weight excluding hydrogens is 112 g/mol. The first-order valence-electron chi connectivity index (χ1n) is 2.00. The monoisotopic (exact) mass is 116 g/mol. The van der Waals surface area contributed by atoms with Crippen molar-refractivity contribution in [2.24, 2.45) is 0 Å². The topological polar surface area (TPSA) is 66.8 Å². The van der Waals surface area contributed by atoms with Crippen LogP contribution < -0.4 is 0 Å². The molecule has 4 heteroatoms. The highest BCUT2D eigenvalue weighted by Crippen LogP contribution is 2.06. The highest BCUT2D eigenvalue weighted by molar-refractivity contribution is 5.87. The lowest BCUT2D eigenvalue weighted by Gasteiger charge is -1.94. The van der Waals surface area contributed by atoms with Crippen molar-refractivity contribution in [3.05, 3.63) is 11.8 Å². The van der Waals surface area contributed by atoms with Crippen LogP contribution in [0.5, 0.6) is 0 Å². The number of carbonyl (C=O) groups excluding carboxylic acids is 1. The Bertz CT molecular complexity index is 148. The third-order valence-corrected chi connectivity index (χ3v) is 0.737. The molecule has 1 heterocycles. The molecule has 0 aromatic carbocycles. The Labute approximate surface area is 45.0 Å². The number of esters is 1. The van der Waals surface area contributed by atoms with E-state index in [2.05, 4.69) is 4.74 Å². The minimum atomic E-state index is -1.26. The Kier molecular flexibility index (Phi) is 0.948. The first-order valence-corrected chi connectivity index (χ1v) is 2.00. The predicted octanol–water partition coefficient (Wildman–Crippen LogP) is -0.696. The molecule has 0 radical (unpaired) electrons. The molecule has 8 heavy (non-hydrogen) atoms. The van der Waals surface area contributed by atoms with E-state index in [9.17, 15) is 4.79 Å². The maximum Gasteiger partial charge on any atom is 0.375 e. The molecule has 0 saturated heterocycles. The van der Waals surface area contributed by atoms with Gasteiger partial charge in [0.15, 0.2) is 0 Å². The van der Waals surface area contributed by atoms with Gasteiger partial charge in [-0.15, -0.1) is 0 Å². The Balaban J connectivity index is 2.73. The van der Waals surface area contributed by atoms with Gasteiger partial charge >= 0.3 is 5.97 Å². The number of hydrogen-bond donors (Lipinski definition) is 2. The largest absolute Gasteiger partial charge is 0.502 e. The summed E-state index contributed by atoms with van der Waals surface area (Å²) in [5.41, 5.74) is 0. The highest BCUT2D eigenvalue weighted by atomic mass is 16.6. The molecule has 1 rings (SSSR count). The van der Waals surface area contributed by atoms with Gasteiger partial charge in [-0.3, -0.25) is 0 Å². The molecule has 0 aromatic heterocycles. The van der Waals surface area contributed by atoms with Crippen LogP contribution in [0.2, 0.25) is 0 Å². The minimum Gasteiger partial charge on any atom is -0.502 e. The predicted molar refractivity (Wildman–Crippen MR) is 22.8 cm³/mol. The molecule has 1 atom stereocenters. The number of cyclic esters (lactones) is 1. The van der Waals surface area contributed by atoms with Crippen LogP contribution in [0.4, 0.5) is 0 Å². The van der Waals surface area contributed by atoms with Crippen molar-refractivity contribution >= 4 is 5.97 Å². The molecule has 1 aliphatic rings. The van der Waals surface area contributed by atoms with Crippen LogP contribution in [0, 0.1) is 0 Å². The molecule has 0 spiro atoms. The zero-order chi connectivity index (χ0) is 6.15. The highest BCUT2D eigenvalue weighted by Gasteiger charge is 2.21. The summed E-state index contributed by atoms with van der Waals surface area (Å²) in [5, 5.41) is 16.8. The Morgan fingerprint density at radius 1 is 1.75 bits per heavy atom. The second-order valence-corrected chi connectivity index (χ2v) is 1.35. The number of hydrogen-bond acceptors (Lipinski definition) is 4. The lowest BCUT2D eigenvalue weighted by atomic mass is 10.5. The summed E-state index contributed by atoms with van der Waals surface area (Å²) < 4.78 is 4.05. The third-order valence-electron chi connectivity index (χ3n) is 0.737. The van der Waals surface area contributed by atoms with Crippen molar-refractivity contribution < 1.29 is 19.7 Å². The Morgan fingerprint density at radius 2 is 2.38 bits per heavy atom. The van der Waals surface area contributed by atoms with Gasteiger partial charge in [-0.1, -0.05) is 0 Å². The van der Waals surface area contributed by atoms with Crippen LogP contribution in [-0.4, -0.2) is 22.5 Å². The smallest absolute Gasteiger partial charge is 0.375 e. The van der Waals surface area contributed by atoms with Crippen molar-refractivity contribution in [1.29, 1.82) is 0 Å². The summed E-state index contributed by atoms with van der Waals surface area (Å²) in [6.07, 6.45) is -0.343. The second kappa shape index (κ2) is 1.48. The fourth-order valence-corrected chi connectivity index (χ4v) is 0.407. The van der Waals surface area contributed by atoms with Crippen molar-refractivity contribution in [2.75, 3.05) is 0 Å². The molecule has 0 aliphatic carbocycles. The Hall–Kier alpha value is -1.03. The minimum absolute atomic E-state index is 0.530. The molecule has 0 saturated carbocycles. The van der Waals surface area contributed by atoms with E-state index in [-0.39, 0.29) is 0 Å². The fraction of sp³-hybridized carbons (Fsp3) is 0.250. The van der Waals surface area contributed by atoms with Crippen LogP contribution in [0.1, 0.15) is 0 Å². The zero-order valence-electron chi connectivity index (χ0n) is 3.87. The van der Waals surface area contributed by atoms with Gasteiger partial charge in [0.1, 0.15) is 0 Å². The quantitative estimate of drug-likeness (QED) is 0.411. The van der Waals surface area contributed by atoms with Gasteiger partial charge in [0, 0.05) is 6.08 Å². The van der Waals surface area contributed by atoms with E-state index in [1.54, 1.807) is 0 Å². The molecule has 0 bridgehead atoms. The molecule has 4 nitrogen and oxygen atoms in total. The average molecular weight is 116 g/mol. The first kappa shape index (κ1) is 5.11. The Morgan fingerprint density at radius 3 is 2.50 bits per heavy atom. The molecule has 0 fully saturated rings. The van der Waals surface area contributed by atoms with E-state index in [0.29, 0.717) is 0 Å². The first-order chi connectivity index (χ1) is 3.70. The number of aliphatic hydroxyl groups excluding tert-OH is 2. The summed E-state index contributed by atoms with van der Waals surface area (Å²) in [6.45, 7) is 0. The van der Waals surface area contributed by atoms with Crippen molar-refractivity contribution in [2.45, 2.75) is 6.29 Å². The van der Waals surface area contributed by atoms with E-state index in [4.69, 9.17) is 10.2 Å². The average Bonchev–Trinajstić information content (AvgIpc) is 1.85. The van der Waals surface area contributed by atoms with Gasteiger partial charge in [-0.05, 0) is 0 Å². The van der Waals surface area contributed by atoms with Gasteiger partial charge in [-0.25, -0.2) is 4.79 Å². The molecule has 1 aliphatic heterocycles. The van der Waals surface area contributed by atoms with E-state index in [1.807, 2.05) is 0 Å². The zero-order valence-corrected chi connectivity index (χ0v) is 3.87. The molecule has 2 N–H and O–H groups in total. The van der Waals surface area contributed by atoms with Crippen LogP contribution >= 0.6 is 0 Å². The standard InChI is InChI=1S/C4H4O4/c5-2-1-3(6)8-4(2)7/h1,3,5-6H/t3-/m0/s1. The lowest BCUT2D eigenvalue weighted by Crippen LogP contribution is -2.05. The van der Waals surface area contributed by atoms with Crippen molar-refractivity contribution in [1.82, 2.24) is 0 Å². The van der Waals surface area contributed by atoms with Crippen molar-refractivity contribution in [3.63, 3.8) is 0 Å². The van der Waals surface area contributed by atoms with Gasteiger partial charge in [0.2, 0.25) is 12.0 Å². The number of carbonyl (C=O) groups is 1. The molecule has 0 aromatic rings. The number of ether oxygens (including phenoxy) is 1. The van der Waals surface area contributed by atoms with Crippen LogP contribution in [0.25, 0.3) is 0 Å². The third kappa shape index (κ3) is 0.651. The van der Waals surface area contributed by atoms with E-state index in [0.717, 1.165) is 6.08 Å². The lowest BCUT2D eigenvalue weighted by molar-refractivity contribution is -0.153. The van der Waals surface area contributed by atoms with E-state index < -0.39 is 18.0 Å². The van der Waals surface area contributed by atoms with Crippen molar-refractivity contribution in [3.8, 4) is 0 Å². The molecule has 0 unspecified atom stereocenters. The summed E-state index contributed by atoms with van der Waals surface area (Å²) in [5.74, 6) is -1.41. The molecule has 0 amide bonds. The maximum atomic E-state index is 10.1. The maximum absolute atomic E-state index is 10.1. The van der Waals surface area contributed by atoms with Gasteiger partial charge in [0.25, 0.3) is 0 Å². The SMILES string of the molecule is O=C1O[C@H](O)C=C1O. The summed E-state index contributed by atoms with van der Waals surface area (Å²) in [4.78, 5) is 10.1. The number of aliphatic hydroxyl groups is 2. The summed E-state index contributed by atoms with van der Waals surface area (Å²) in [7, 11) is 0. The van der Waals surface area contributed by atoms with Gasteiger partial charge in [-0.2, -0.15) is 0 Å². The molecule has 44 valence electrons. The summed E-state index contributed by atoms with van der Waals surface area (Å²) >= 11 is 0. The van der Waals surface area contributed by atoms with Gasteiger partial charge < -0.3 is 14.9 Å². The van der Waals surface area contributed by atoms with Gasteiger partial charge in [0.05, 0.1) is 0 Å². The summed E-state index contributed by atoms with van der Waals surface area (Å²) in [6, 6.07) is 0. The molecular formula is C4H4O4.